The predicted octanol–water partition coefficient (Wildman–Crippen LogP) is 1.19. The van der Waals surface area contributed by atoms with Crippen LogP contribution in [0.3, 0.4) is 0 Å². The van der Waals surface area contributed by atoms with Crippen molar-refractivity contribution in [1.29, 1.82) is 0 Å². The van der Waals surface area contributed by atoms with Crippen LogP contribution >= 0.6 is 0 Å². The van der Waals surface area contributed by atoms with Crippen molar-refractivity contribution in [2.75, 3.05) is 19.6 Å². The van der Waals surface area contributed by atoms with E-state index in [1.165, 1.54) is 10.9 Å². The molecule has 0 saturated carbocycles. The lowest BCUT2D eigenvalue weighted by atomic mass is 10.4. The van der Waals surface area contributed by atoms with Crippen molar-refractivity contribution in [3.63, 3.8) is 0 Å². The van der Waals surface area contributed by atoms with Gasteiger partial charge in [0.05, 0.1) is 6.20 Å². The number of sulfonamides is 1. The van der Waals surface area contributed by atoms with Crippen LogP contribution in [0.2, 0.25) is 0 Å². The average molecular weight is 328 g/mol. The Hall–Kier alpha value is -1.13. The SMILES string of the molecule is CCCN(CC(F)(F)F)S(=O)(=O)c1cnn(CCCN)c1. The number of nitrogens with zero attached hydrogens (tertiary/aromatic N) is 3. The highest BCUT2D eigenvalue weighted by molar-refractivity contribution is 7.89. The first kappa shape index (κ1) is 17.9. The first-order valence-corrected chi connectivity index (χ1v) is 7.94. The second-order valence-electron chi connectivity index (χ2n) is 4.54. The van der Waals surface area contributed by atoms with Gasteiger partial charge in [-0.3, -0.25) is 4.68 Å². The van der Waals surface area contributed by atoms with Crippen LogP contribution in [0.4, 0.5) is 13.2 Å². The molecular formula is C11H19F3N4O2S. The Bertz CT molecular complexity index is 542. The van der Waals surface area contributed by atoms with E-state index in [1.54, 1.807) is 6.92 Å². The summed E-state index contributed by atoms with van der Waals surface area (Å²) < 4.78 is 63.8. The lowest BCUT2D eigenvalue weighted by Gasteiger charge is -2.21. The number of rotatable bonds is 8. The summed E-state index contributed by atoms with van der Waals surface area (Å²) in [6.45, 7) is 0.744. The highest BCUT2D eigenvalue weighted by Crippen LogP contribution is 2.22. The van der Waals surface area contributed by atoms with Crippen LogP contribution in [0.15, 0.2) is 17.3 Å². The fourth-order valence-corrected chi connectivity index (χ4v) is 3.21. The number of nitrogens with two attached hydrogens (primary N) is 1. The van der Waals surface area contributed by atoms with Crippen LogP contribution in [0.5, 0.6) is 0 Å². The smallest absolute Gasteiger partial charge is 0.330 e. The molecular weight excluding hydrogens is 309 g/mol. The molecule has 0 bridgehead atoms. The van der Waals surface area contributed by atoms with Crippen molar-refractivity contribution >= 4 is 10.0 Å². The third-order valence-corrected chi connectivity index (χ3v) is 4.47. The van der Waals surface area contributed by atoms with Crippen molar-refractivity contribution in [3.8, 4) is 0 Å². The zero-order valence-electron chi connectivity index (χ0n) is 11.7. The summed E-state index contributed by atoms with van der Waals surface area (Å²) in [7, 11) is -4.20. The second kappa shape index (κ2) is 7.23. The Morgan fingerprint density at radius 3 is 2.62 bits per heavy atom. The summed E-state index contributed by atoms with van der Waals surface area (Å²) in [5, 5.41) is 3.83. The van der Waals surface area contributed by atoms with E-state index in [-0.39, 0.29) is 17.9 Å². The predicted molar refractivity (Wildman–Crippen MR) is 71.0 cm³/mol. The van der Waals surface area contributed by atoms with Gasteiger partial charge in [0.15, 0.2) is 0 Å². The van der Waals surface area contributed by atoms with Gasteiger partial charge < -0.3 is 5.73 Å². The van der Waals surface area contributed by atoms with Gasteiger partial charge in [0.2, 0.25) is 10.0 Å². The molecule has 1 rings (SSSR count). The van der Waals surface area contributed by atoms with E-state index < -0.39 is 22.7 Å². The summed E-state index contributed by atoms with van der Waals surface area (Å²) in [5.74, 6) is 0. The lowest BCUT2D eigenvalue weighted by Crippen LogP contribution is -2.39. The molecule has 21 heavy (non-hydrogen) atoms. The molecule has 0 atom stereocenters. The maximum Gasteiger partial charge on any atom is 0.402 e. The molecule has 0 saturated heterocycles. The highest BCUT2D eigenvalue weighted by atomic mass is 32.2. The number of aryl methyl sites for hydroxylation is 1. The zero-order chi connectivity index (χ0) is 16.1. The molecule has 0 fully saturated rings. The minimum absolute atomic E-state index is 0.199. The minimum atomic E-state index is -4.59. The van der Waals surface area contributed by atoms with Crippen molar-refractivity contribution in [2.45, 2.75) is 37.4 Å². The molecule has 0 aromatic carbocycles. The van der Waals surface area contributed by atoms with E-state index >= 15 is 0 Å². The highest BCUT2D eigenvalue weighted by Gasteiger charge is 2.37. The van der Waals surface area contributed by atoms with E-state index in [0.29, 0.717) is 23.8 Å². The van der Waals surface area contributed by atoms with Crippen LogP contribution in [-0.4, -0.2) is 48.3 Å². The van der Waals surface area contributed by atoms with Gasteiger partial charge in [-0.1, -0.05) is 6.92 Å². The molecule has 0 aliphatic heterocycles. The second-order valence-corrected chi connectivity index (χ2v) is 6.47. The number of hydrogen-bond acceptors (Lipinski definition) is 4. The van der Waals surface area contributed by atoms with Gasteiger partial charge >= 0.3 is 6.18 Å². The van der Waals surface area contributed by atoms with Crippen molar-refractivity contribution < 1.29 is 21.6 Å². The minimum Gasteiger partial charge on any atom is -0.330 e. The van der Waals surface area contributed by atoms with E-state index in [0.717, 1.165) is 6.20 Å². The summed E-state index contributed by atoms with van der Waals surface area (Å²) in [6.07, 6.45) is -1.41. The number of halogens is 3. The molecule has 2 N–H and O–H groups in total. The first-order chi connectivity index (χ1) is 9.70. The molecule has 0 amide bonds. The van der Waals surface area contributed by atoms with Gasteiger partial charge in [0.1, 0.15) is 11.4 Å². The number of alkyl halides is 3. The normalized spacial score (nSPS) is 13.0. The molecule has 1 aromatic heterocycles. The summed E-state index contributed by atoms with van der Waals surface area (Å²) in [4.78, 5) is -0.239. The van der Waals surface area contributed by atoms with Gasteiger partial charge in [-0.15, -0.1) is 0 Å². The maximum absolute atomic E-state index is 12.5. The Morgan fingerprint density at radius 2 is 2.10 bits per heavy atom. The Labute approximate surface area is 121 Å². The zero-order valence-corrected chi connectivity index (χ0v) is 12.5. The van der Waals surface area contributed by atoms with Gasteiger partial charge in [-0.05, 0) is 19.4 Å². The van der Waals surface area contributed by atoms with Crippen LogP contribution in [-0.2, 0) is 16.6 Å². The third kappa shape index (κ3) is 5.29. The molecule has 0 unspecified atom stereocenters. The molecule has 0 aliphatic rings. The Balaban J connectivity index is 2.97. The Kier molecular flexibility index (Phi) is 6.17. The van der Waals surface area contributed by atoms with Gasteiger partial charge in [0.25, 0.3) is 0 Å². The van der Waals surface area contributed by atoms with Crippen molar-refractivity contribution in [3.05, 3.63) is 12.4 Å². The fraction of sp³-hybridized carbons (Fsp3) is 0.727. The first-order valence-electron chi connectivity index (χ1n) is 6.50. The van der Waals surface area contributed by atoms with Crippen LogP contribution < -0.4 is 5.73 Å². The molecule has 1 aromatic rings. The van der Waals surface area contributed by atoms with E-state index in [1.807, 2.05) is 0 Å². The van der Waals surface area contributed by atoms with Crippen molar-refractivity contribution in [1.82, 2.24) is 14.1 Å². The topological polar surface area (TPSA) is 81.2 Å². The van der Waals surface area contributed by atoms with Crippen LogP contribution in [0.25, 0.3) is 0 Å². The van der Waals surface area contributed by atoms with Gasteiger partial charge in [-0.25, -0.2) is 8.42 Å². The molecule has 1 heterocycles. The lowest BCUT2D eigenvalue weighted by molar-refractivity contribution is -0.136. The standard InChI is InChI=1S/C11H19F3N4O2S/c1-2-5-18(9-11(12,13)14)21(19,20)10-7-16-17(8-10)6-3-4-15/h7-8H,2-6,9,15H2,1H3. The van der Waals surface area contributed by atoms with Crippen LogP contribution in [0, 0.1) is 0 Å². The van der Waals surface area contributed by atoms with Gasteiger partial charge in [0, 0.05) is 19.3 Å². The largest absolute Gasteiger partial charge is 0.402 e. The summed E-state index contributed by atoms with van der Waals surface area (Å²) in [6, 6.07) is 0. The number of hydrogen-bond donors (Lipinski definition) is 1. The van der Waals surface area contributed by atoms with Gasteiger partial charge in [-0.2, -0.15) is 22.6 Å². The molecule has 6 nitrogen and oxygen atoms in total. The molecule has 0 aliphatic carbocycles. The average Bonchev–Trinajstić information content (AvgIpc) is 2.83. The van der Waals surface area contributed by atoms with E-state index in [9.17, 15) is 21.6 Å². The summed E-state index contributed by atoms with van der Waals surface area (Å²) in [5.41, 5.74) is 5.33. The third-order valence-electron chi connectivity index (χ3n) is 2.67. The molecule has 0 radical (unpaired) electrons. The van der Waals surface area contributed by atoms with E-state index in [4.69, 9.17) is 5.73 Å². The monoisotopic (exact) mass is 328 g/mol. The van der Waals surface area contributed by atoms with E-state index in [2.05, 4.69) is 5.10 Å². The quantitative estimate of drug-likeness (QED) is 0.777. The maximum atomic E-state index is 12.5. The summed E-state index contributed by atoms with van der Waals surface area (Å²) >= 11 is 0. The Morgan fingerprint density at radius 1 is 1.43 bits per heavy atom. The van der Waals surface area contributed by atoms with Crippen LogP contribution in [0.1, 0.15) is 19.8 Å². The fourth-order valence-electron chi connectivity index (χ4n) is 1.74. The molecule has 122 valence electrons. The number of aromatic nitrogens is 2. The molecule has 10 heteroatoms. The molecule has 0 spiro atoms. The van der Waals surface area contributed by atoms with Crippen molar-refractivity contribution in [2.24, 2.45) is 5.73 Å².